The lowest BCUT2D eigenvalue weighted by Crippen LogP contribution is -2.48. The van der Waals surface area contributed by atoms with Crippen LogP contribution in [0.4, 0.5) is 0 Å². The molecular weight excluding hydrogens is 396 g/mol. The number of fused-ring (bicyclic) bond motifs is 1. The van der Waals surface area contributed by atoms with Crippen LogP contribution in [0.2, 0.25) is 0 Å². The van der Waals surface area contributed by atoms with Gasteiger partial charge in [0.25, 0.3) is 12.4 Å². The van der Waals surface area contributed by atoms with Crippen LogP contribution in [0.15, 0.2) is 36.7 Å². The molecule has 0 unspecified atom stereocenters. The van der Waals surface area contributed by atoms with Crippen molar-refractivity contribution >= 4 is 12.4 Å². The summed E-state index contributed by atoms with van der Waals surface area (Å²) in [5.74, 6) is 1.71. The van der Waals surface area contributed by atoms with Crippen molar-refractivity contribution < 1.29 is 19.8 Å². The van der Waals surface area contributed by atoms with E-state index in [1.807, 2.05) is 29.2 Å². The van der Waals surface area contributed by atoms with Crippen molar-refractivity contribution in [3.8, 4) is 11.4 Å². The summed E-state index contributed by atoms with van der Waals surface area (Å²) >= 11 is 0. The van der Waals surface area contributed by atoms with Crippen LogP contribution in [-0.2, 0) is 4.79 Å². The highest BCUT2D eigenvalue weighted by molar-refractivity contribution is 6.00. The monoisotopic (exact) mass is 426 g/mol. The predicted molar refractivity (Wildman–Crippen MR) is 115 cm³/mol. The fraction of sp³-hybridized carbons (Fsp3) is 0.522. The van der Waals surface area contributed by atoms with Crippen molar-refractivity contribution in [2.24, 2.45) is 11.8 Å². The van der Waals surface area contributed by atoms with Crippen LogP contribution < -0.4 is 0 Å². The Balaban J connectivity index is 0.000000730. The second kappa shape index (κ2) is 9.62. The molecule has 8 heteroatoms. The molecule has 1 aliphatic carbocycles. The summed E-state index contributed by atoms with van der Waals surface area (Å²) in [6.45, 7) is 3.52. The van der Waals surface area contributed by atoms with E-state index in [0.29, 0.717) is 17.4 Å². The minimum Gasteiger partial charge on any atom is -0.483 e. The fourth-order valence-corrected chi connectivity index (χ4v) is 5.50. The second-order valence-electron chi connectivity index (χ2n) is 8.67. The molecular formula is C23H30N4O4. The number of benzene rings is 1. The van der Waals surface area contributed by atoms with E-state index in [1.54, 1.807) is 12.4 Å². The number of H-pyrrole nitrogens is 1. The maximum absolute atomic E-state index is 13.3. The van der Waals surface area contributed by atoms with Crippen LogP contribution in [-0.4, -0.2) is 80.7 Å². The van der Waals surface area contributed by atoms with E-state index in [2.05, 4.69) is 14.9 Å². The minimum absolute atomic E-state index is 0.0774. The third-order valence-corrected chi connectivity index (χ3v) is 6.92. The van der Waals surface area contributed by atoms with Gasteiger partial charge < -0.3 is 20.1 Å². The molecule has 3 N–H and O–H groups in total. The smallest absolute Gasteiger partial charge is 0.290 e. The summed E-state index contributed by atoms with van der Waals surface area (Å²) in [5.41, 5.74) is 1.55. The number of amides is 1. The van der Waals surface area contributed by atoms with Crippen LogP contribution in [0.25, 0.3) is 11.4 Å². The van der Waals surface area contributed by atoms with Gasteiger partial charge in [0.1, 0.15) is 5.82 Å². The Kier molecular flexibility index (Phi) is 6.67. The lowest BCUT2D eigenvalue weighted by molar-refractivity contribution is -0.122. The zero-order valence-corrected chi connectivity index (χ0v) is 17.6. The molecule has 3 fully saturated rings. The normalized spacial score (nSPS) is 28.0. The van der Waals surface area contributed by atoms with Gasteiger partial charge in [0.05, 0.1) is 11.7 Å². The molecule has 2 aromatic rings. The van der Waals surface area contributed by atoms with Gasteiger partial charge in [-0.3, -0.25) is 14.5 Å². The first-order valence-electron chi connectivity index (χ1n) is 11.0. The van der Waals surface area contributed by atoms with Crippen LogP contribution in [0.3, 0.4) is 0 Å². The van der Waals surface area contributed by atoms with Gasteiger partial charge in [0, 0.05) is 37.1 Å². The number of carbonyl (C=O) groups is 2. The highest BCUT2D eigenvalue weighted by Crippen LogP contribution is 2.39. The van der Waals surface area contributed by atoms with Crippen molar-refractivity contribution in [2.75, 3.05) is 26.2 Å². The molecule has 5 rings (SSSR count). The highest BCUT2D eigenvalue weighted by Gasteiger charge is 2.45. The van der Waals surface area contributed by atoms with Crippen LogP contribution >= 0.6 is 0 Å². The number of hydrogen-bond donors (Lipinski definition) is 3. The molecule has 2 aliphatic heterocycles. The molecule has 4 atom stereocenters. The van der Waals surface area contributed by atoms with Gasteiger partial charge in [-0.15, -0.1) is 0 Å². The van der Waals surface area contributed by atoms with Crippen molar-refractivity contribution in [3.05, 3.63) is 42.2 Å². The molecule has 0 spiro atoms. The van der Waals surface area contributed by atoms with Crippen LogP contribution in [0.5, 0.6) is 0 Å². The van der Waals surface area contributed by atoms with Gasteiger partial charge in [0.15, 0.2) is 0 Å². The number of aromatic amines is 1. The number of imidazole rings is 1. The molecule has 1 aromatic heterocycles. The van der Waals surface area contributed by atoms with E-state index in [-0.39, 0.29) is 24.5 Å². The summed E-state index contributed by atoms with van der Waals surface area (Å²) in [7, 11) is 0. The Morgan fingerprint density at radius 2 is 1.81 bits per heavy atom. The summed E-state index contributed by atoms with van der Waals surface area (Å²) in [6, 6.07) is 7.96. The molecule has 166 valence electrons. The predicted octanol–water partition coefficient (Wildman–Crippen LogP) is 2.08. The second-order valence-corrected chi connectivity index (χ2v) is 8.67. The van der Waals surface area contributed by atoms with Crippen molar-refractivity contribution in [1.82, 2.24) is 19.8 Å². The van der Waals surface area contributed by atoms with Crippen LogP contribution in [0.1, 0.15) is 36.0 Å². The third kappa shape index (κ3) is 4.50. The number of aliphatic hydroxyl groups is 1. The third-order valence-electron chi connectivity index (χ3n) is 6.92. The zero-order chi connectivity index (χ0) is 21.8. The first-order chi connectivity index (χ1) is 15.1. The SMILES string of the molecule is O=C(c1ccccc1-c1ncc[nH]1)N1C[C@H]2C[C@@H](N3CCCC3)[C@H](O)C[C@H]2C1.O=CO. The number of hydrogen-bond acceptors (Lipinski definition) is 5. The Bertz CT molecular complexity index is 881. The molecule has 8 nitrogen and oxygen atoms in total. The topological polar surface area (TPSA) is 110 Å². The van der Waals surface area contributed by atoms with Gasteiger partial charge in [-0.1, -0.05) is 18.2 Å². The average Bonchev–Trinajstić information content (AvgIpc) is 3.54. The van der Waals surface area contributed by atoms with Crippen molar-refractivity contribution in [3.63, 3.8) is 0 Å². The number of nitrogens with zero attached hydrogens (tertiary/aromatic N) is 3. The van der Waals surface area contributed by atoms with E-state index >= 15 is 0 Å². The van der Waals surface area contributed by atoms with Gasteiger partial charge in [-0.25, -0.2) is 4.98 Å². The number of carbonyl (C=O) groups excluding carboxylic acids is 1. The summed E-state index contributed by atoms with van der Waals surface area (Å²) in [5, 5.41) is 17.6. The quantitative estimate of drug-likeness (QED) is 0.649. The maximum Gasteiger partial charge on any atom is 0.290 e. The van der Waals surface area contributed by atoms with Gasteiger partial charge in [-0.05, 0) is 56.7 Å². The molecule has 31 heavy (non-hydrogen) atoms. The molecule has 3 heterocycles. The summed E-state index contributed by atoms with van der Waals surface area (Å²) in [6.07, 6.45) is 7.54. The van der Waals surface area contributed by atoms with Crippen molar-refractivity contribution in [2.45, 2.75) is 37.8 Å². The number of rotatable bonds is 3. The molecule has 3 aliphatic rings. The average molecular weight is 427 g/mol. The number of aliphatic hydroxyl groups excluding tert-OH is 1. The van der Waals surface area contributed by atoms with E-state index in [4.69, 9.17) is 9.90 Å². The Morgan fingerprint density at radius 3 is 2.48 bits per heavy atom. The number of likely N-dealkylation sites (tertiary alicyclic amines) is 2. The van der Waals surface area contributed by atoms with Crippen molar-refractivity contribution in [1.29, 1.82) is 0 Å². The van der Waals surface area contributed by atoms with Gasteiger partial charge in [0.2, 0.25) is 0 Å². The Labute approximate surface area is 181 Å². The lowest BCUT2D eigenvalue weighted by Gasteiger charge is -2.40. The van der Waals surface area contributed by atoms with E-state index in [0.717, 1.165) is 50.4 Å². The molecule has 0 radical (unpaired) electrons. The number of carboxylic acid groups (broad SMARTS) is 1. The Morgan fingerprint density at radius 1 is 1.13 bits per heavy atom. The first-order valence-corrected chi connectivity index (χ1v) is 11.0. The highest BCUT2D eigenvalue weighted by atomic mass is 16.3. The molecule has 1 saturated carbocycles. The fourth-order valence-electron chi connectivity index (χ4n) is 5.50. The first kappa shape index (κ1) is 21.5. The molecule has 1 aromatic carbocycles. The Hall–Kier alpha value is -2.71. The number of nitrogens with one attached hydrogen (secondary N) is 1. The molecule has 1 amide bonds. The van der Waals surface area contributed by atoms with Crippen LogP contribution in [0, 0.1) is 11.8 Å². The number of aromatic nitrogens is 2. The largest absolute Gasteiger partial charge is 0.483 e. The minimum atomic E-state index is -0.259. The standard InChI is InChI=1S/C22H28N4O2.CH2O2/c27-20-12-16-14-26(13-15(16)11-19(20)25-9-3-4-10-25)22(28)18-6-2-1-5-17(18)21-23-7-8-24-21;2-1-3/h1-2,5-8,15-16,19-20,27H,3-4,9-14H2,(H,23,24);1H,(H,2,3)/t15-,16+,19-,20-;/m1./s1. The zero-order valence-electron chi connectivity index (χ0n) is 17.6. The summed E-state index contributed by atoms with van der Waals surface area (Å²) < 4.78 is 0. The summed E-state index contributed by atoms with van der Waals surface area (Å²) in [4.78, 5) is 33.6. The van der Waals surface area contributed by atoms with E-state index < -0.39 is 0 Å². The van der Waals surface area contributed by atoms with Gasteiger partial charge >= 0.3 is 0 Å². The van der Waals surface area contributed by atoms with E-state index in [9.17, 15) is 9.90 Å². The molecule has 0 bridgehead atoms. The van der Waals surface area contributed by atoms with Gasteiger partial charge in [-0.2, -0.15) is 0 Å². The van der Waals surface area contributed by atoms with E-state index in [1.165, 1.54) is 12.8 Å². The molecule has 2 saturated heterocycles. The maximum atomic E-state index is 13.3. The lowest BCUT2D eigenvalue weighted by atomic mass is 9.77.